The highest BCUT2D eigenvalue weighted by Crippen LogP contribution is 2.50. The number of halogens is 3. The number of methoxy groups -OCH3 is 1. The van der Waals surface area contributed by atoms with Crippen molar-refractivity contribution < 1.29 is 32.6 Å². The van der Waals surface area contributed by atoms with Gasteiger partial charge in [-0.15, -0.1) is 0 Å². The summed E-state index contributed by atoms with van der Waals surface area (Å²) >= 11 is 0. The van der Waals surface area contributed by atoms with Crippen molar-refractivity contribution in [3.8, 4) is 5.88 Å². The molecule has 1 spiro atoms. The standard InChI is InChI=1S/C26H31N5O2.C2HF3O2/c1-29-23(11-14-28-29)22-18-30(17-21-10-6-13-27-24(21)33-2)19-26(22)12-7-15-31(25(26)32)16-20-8-4-3-5-9-20;3-2(4,5)1(6)7/h3-6,8-11,13-14,22H,7,12,15-19H2,1-2H3;(H,6,7)/t22-,26+;/m0./s1. The van der Waals surface area contributed by atoms with Crippen molar-refractivity contribution >= 4 is 11.9 Å². The molecule has 2 aliphatic heterocycles. The van der Waals surface area contributed by atoms with Crippen LogP contribution in [-0.4, -0.2) is 74.5 Å². The lowest BCUT2D eigenvalue weighted by Gasteiger charge is -2.42. The van der Waals surface area contributed by atoms with Gasteiger partial charge in [-0.2, -0.15) is 18.3 Å². The highest BCUT2D eigenvalue weighted by atomic mass is 19.4. The van der Waals surface area contributed by atoms with E-state index in [1.807, 2.05) is 42.2 Å². The van der Waals surface area contributed by atoms with E-state index in [-0.39, 0.29) is 11.8 Å². The molecule has 3 aromatic rings. The molecule has 2 aromatic heterocycles. The van der Waals surface area contributed by atoms with E-state index in [0.29, 0.717) is 19.0 Å². The minimum absolute atomic E-state index is 0.0961. The quantitative estimate of drug-likeness (QED) is 0.490. The number of hydrogen-bond donors (Lipinski definition) is 1. The molecule has 4 heterocycles. The van der Waals surface area contributed by atoms with E-state index >= 15 is 0 Å². The summed E-state index contributed by atoms with van der Waals surface area (Å²) in [5.41, 5.74) is 2.90. The lowest BCUT2D eigenvalue weighted by Crippen LogP contribution is -2.52. The Bertz CT molecular complexity index is 1320. The summed E-state index contributed by atoms with van der Waals surface area (Å²) in [6.45, 7) is 3.71. The van der Waals surface area contributed by atoms with Crippen LogP contribution in [0.3, 0.4) is 0 Å². The zero-order chi connectivity index (χ0) is 28.9. The van der Waals surface area contributed by atoms with Gasteiger partial charge < -0.3 is 14.7 Å². The molecular weight excluding hydrogens is 527 g/mol. The topological polar surface area (TPSA) is 101 Å². The van der Waals surface area contributed by atoms with Gasteiger partial charge in [0.25, 0.3) is 0 Å². The van der Waals surface area contributed by atoms with E-state index in [1.165, 1.54) is 5.56 Å². The van der Waals surface area contributed by atoms with Crippen molar-refractivity contribution in [2.24, 2.45) is 12.5 Å². The van der Waals surface area contributed by atoms with Crippen molar-refractivity contribution in [3.05, 3.63) is 77.7 Å². The van der Waals surface area contributed by atoms with Gasteiger partial charge in [0.15, 0.2) is 0 Å². The summed E-state index contributed by atoms with van der Waals surface area (Å²) in [5.74, 6) is -1.74. The van der Waals surface area contributed by atoms with Gasteiger partial charge in [-0.3, -0.25) is 14.4 Å². The summed E-state index contributed by atoms with van der Waals surface area (Å²) in [6.07, 6.45) is 0.411. The van der Waals surface area contributed by atoms with Crippen LogP contribution in [0.15, 0.2) is 60.9 Å². The van der Waals surface area contributed by atoms with E-state index in [4.69, 9.17) is 14.6 Å². The van der Waals surface area contributed by atoms with Crippen molar-refractivity contribution in [3.63, 3.8) is 0 Å². The van der Waals surface area contributed by atoms with Crippen molar-refractivity contribution in [1.29, 1.82) is 0 Å². The fourth-order valence-electron chi connectivity index (χ4n) is 5.73. The molecule has 214 valence electrons. The highest BCUT2D eigenvalue weighted by Gasteiger charge is 2.55. The van der Waals surface area contributed by atoms with Crippen LogP contribution < -0.4 is 4.74 Å². The highest BCUT2D eigenvalue weighted by molar-refractivity contribution is 5.85. The number of aromatic nitrogens is 3. The molecule has 0 bridgehead atoms. The molecule has 9 nitrogen and oxygen atoms in total. The molecule has 1 amide bonds. The van der Waals surface area contributed by atoms with E-state index in [1.54, 1.807) is 13.3 Å². The van der Waals surface area contributed by atoms with Crippen LogP contribution in [0.4, 0.5) is 13.2 Å². The Hall–Kier alpha value is -3.93. The number of carboxylic acids is 1. The van der Waals surface area contributed by atoms with Gasteiger partial charge in [0.05, 0.1) is 12.5 Å². The van der Waals surface area contributed by atoms with E-state index < -0.39 is 17.6 Å². The third-order valence-electron chi connectivity index (χ3n) is 7.49. The maximum Gasteiger partial charge on any atom is 0.490 e. The molecule has 2 atom stereocenters. The number of alkyl halides is 3. The molecule has 1 N–H and O–H groups in total. The number of hydrogen-bond acceptors (Lipinski definition) is 6. The second kappa shape index (κ2) is 12.1. The molecule has 1 aromatic carbocycles. The number of carbonyl (C=O) groups is 2. The molecule has 2 aliphatic rings. The maximum absolute atomic E-state index is 14.1. The fraction of sp³-hybridized carbons (Fsp3) is 0.429. The fourth-order valence-corrected chi connectivity index (χ4v) is 5.73. The summed E-state index contributed by atoms with van der Waals surface area (Å²) < 4.78 is 39.2. The van der Waals surface area contributed by atoms with Gasteiger partial charge in [0.1, 0.15) is 0 Å². The third kappa shape index (κ3) is 6.27. The van der Waals surface area contributed by atoms with Crippen molar-refractivity contribution in [1.82, 2.24) is 24.6 Å². The first-order valence-corrected chi connectivity index (χ1v) is 12.9. The Morgan fingerprint density at radius 1 is 1.12 bits per heavy atom. The normalized spacial score (nSPS) is 21.3. The molecule has 5 rings (SSSR count). The predicted molar refractivity (Wildman–Crippen MR) is 139 cm³/mol. The Kier molecular flexibility index (Phi) is 8.77. The summed E-state index contributed by atoms with van der Waals surface area (Å²) in [6, 6.07) is 16.4. The Balaban J connectivity index is 0.000000470. The zero-order valence-electron chi connectivity index (χ0n) is 22.3. The first kappa shape index (κ1) is 29.1. The van der Waals surface area contributed by atoms with Gasteiger partial charge >= 0.3 is 12.1 Å². The second-order valence-corrected chi connectivity index (χ2v) is 10.0. The minimum Gasteiger partial charge on any atom is -0.481 e. The number of carboxylic acid groups (broad SMARTS) is 1. The first-order chi connectivity index (χ1) is 19.0. The average Bonchev–Trinajstić information content (AvgIpc) is 3.50. The molecular formula is C28H32F3N5O4. The molecule has 0 saturated carbocycles. The molecule has 12 heteroatoms. The number of aryl methyl sites for hydroxylation is 1. The second-order valence-electron chi connectivity index (χ2n) is 10.0. The van der Waals surface area contributed by atoms with Gasteiger partial charge in [-0.05, 0) is 30.5 Å². The Morgan fingerprint density at radius 2 is 1.85 bits per heavy atom. The number of rotatable bonds is 6. The molecule has 0 unspecified atom stereocenters. The molecule has 2 fully saturated rings. The lowest BCUT2D eigenvalue weighted by molar-refractivity contribution is -0.192. The third-order valence-corrected chi connectivity index (χ3v) is 7.49. The van der Waals surface area contributed by atoms with Crippen molar-refractivity contribution in [2.75, 3.05) is 26.7 Å². The molecule has 0 radical (unpaired) electrons. The molecule has 0 aliphatic carbocycles. The largest absolute Gasteiger partial charge is 0.490 e. The lowest BCUT2D eigenvalue weighted by atomic mass is 9.70. The number of pyridine rings is 1. The number of carbonyl (C=O) groups excluding carboxylic acids is 1. The summed E-state index contributed by atoms with van der Waals surface area (Å²) in [7, 11) is 3.63. The van der Waals surface area contributed by atoms with E-state index in [9.17, 15) is 18.0 Å². The van der Waals surface area contributed by atoms with Crippen molar-refractivity contribution in [2.45, 2.75) is 38.0 Å². The number of nitrogens with zero attached hydrogens (tertiary/aromatic N) is 5. The van der Waals surface area contributed by atoms with Gasteiger partial charge in [-0.25, -0.2) is 9.78 Å². The minimum atomic E-state index is -5.08. The molecule has 2 saturated heterocycles. The molecule has 40 heavy (non-hydrogen) atoms. The van der Waals surface area contributed by atoms with Crippen LogP contribution in [-0.2, 0) is 29.7 Å². The summed E-state index contributed by atoms with van der Waals surface area (Å²) in [5, 5.41) is 11.6. The summed E-state index contributed by atoms with van der Waals surface area (Å²) in [4.78, 5) is 31.8. The smallest absolute Gasteiger partial charge is 0.481 e. The van der Waals surface area contributed by atoms with Gasteiger partial charge in [0, 0.05) is 69.3 Å². The maximum atomic E-state index is 14.1. The number of amides is 1. The van der Waals surface area contributed by atoms with Gasteiger partial charge in [-0.1, -0.05) is 36.4 Å². The van der Waals surface area contributed by atoms with Crippen LogP contribution in [0.25, 0.3) is 0 Å². The number of piperidine rings is 1. The number of likely N-dealkylation sites (tertiary alicyclic amines) is 2. The van der Waals surface area contributed by atoms with Crippen LogP contribution >= 0.6 is 0 Å². The predicted octanol–water partition coefficient (Wildman–Crippen LogP) is 3.87. The van der Waals surface area contributed by atoms with E-state index in [0.717, 1.165) is 43.7 Å². The van der Waals surface area contributed by atoms with Crippen LogP contribution in [0.1, 0.15) is 35.6 Å². The Labute approximate surface area is 230 Å². The van der Waals surface area contributed by atoms with Crippen LogP contribution in [0.5, 0.6) is 5.88 Å². The number of aliphatic carboxylic acids is 1. The first-order valence-electron chi connectivity index (χ1n) is 12.9. The monoisotopic (exact) mass is 559 g/mol. The number of benzene rings is 1. The number of ether oxygens (including phenoxy) is 1. The average molecular weight is 560 g/mol. The van der Waals surface area contributed by atoms with Gasteiger partial charge in [0.2, 0.25) is 11.8 Å². The SMILES string of the molecule is COc1ncccc1CN1C[C@@H](c2ccnn2C)[C@@]2(CCCN(Cc3ccccc3)C2=O)C1.O=C(O)C(F)(F)F. The zero-order valence-corrected chi connectivity index (χ0v) is 22.3. The van der Waals surface area contributed by atoms with Crippen LogP contribution in [0, 0.1) is 5.41 Å². The Morgan fingerprint density at radius 3 is 2.48 bits per heavy atom. The van der Waals surface area contributed by atoms with Crippen LogP contribution in [0.2, 0.25) is 0 Å². The van der Waals surface area contributed by atoms with E-state index in [2.05, 4.69) is 44.1 Å².